The van der Waals surface area contributed by atoms with E-state index in [-0.39, 0.29) is 45.7 Å². The number of nitro groups is 2. The average Bonchev–Trinajstić information content (AvgIpc) is 3.03. The van der Waals surface area contributed by atoms with Gasteiger partial charge in [0, 0.05) is 47.8 Å². The summed E-state index contributed by atoms with van der Waals surface area (Å²) < 4.78 is 25.0. The normalized spacial score (nSPS) is 16.8. The van der Waals surface area contributed by atoms with Crippen LogP contribution in [0.4, 0.5) is 22.7 Å². The van der Waals surface area contributed by atoms with Gasteiger partial charge in [-0.15, -0.1) is 0 Å². The molecule has 1 spiro atoms. The molecule has 2 aliphatic rings. The van der Waals surface area contributed by atoms with Gasteiger partial charge in [0.1, 0.15) is 22.9 Å². The summed E-state index contributed by atoms with van der Waals surface area (Å²) in [5.74, 6) is 0.603. The SMILES string of the molecule is O=[N+]([O-])c1ccc2c(c1)N=Cc1ccccc1OC1(Oc3ccccc3C=Nc3cc([N+](=O)[O-])ccc3O1)O2. The van der Waals surface area contributed by atoms with Gasteiger partial charge in [0.15, 0.2) is 11.5 Å². The van der Waals surface area contributed by atoms with Crippen LogP contribution >= 0.6 is 0 Å². The monoisotopic (exact) mass is 524 g/mol. The standard InChI is InChI=1S/C27H16N4O8/c32-30(33)19-9-11-25-21(13-19)28-15-17-5-1-3-7-23(17)36-27(38-25)37-24-8-4-2-6-18(24)16-29-22-14-20(31(34)35)10-12-26(22)39-27/h1-16H. The Balaban J connectivity index is 1.59. The van der Waals surface area contributed by atoms with Crippen LogP contribution in [0.2, 0.25) is 0 Å². The highest BCUT2D eigenvalue weighted by Crippen LogP contribution is 2.42. The first-order valence-electron chi connectivity index (χ1n) is 11.5. The topological polar surface area (TPSA) is 148 Å². The van der Waals surface area contributed by atoms with Crippen molar-refractivity contribution in [2.75, 3.05) is 0 Å². The van der Waals surface area contributed by atoms with Crippen molar-refractivity contribution in [3.8, 4) is 23.0 Å². The molecular weight excluding hydrogens is 508 g/mol. The van der Waals surface area contributed by atoms with Crippen molar-refractivity contribution in [1.82, 2.24) is 0 Å². The van der Waals surface area contributed by atoms with Gasteiger partial charge in [0.05, 0.1) is 9.85 Å². The lowest BCUT2D eigenvalue weighted by Gasteiger charge is -2.32. The van der Waals surface area contributed by atoms with E-state index in [1.165, 1.54) is 48.8 Å². The van der Waals surface area contributed by atoms with Crippen molar-refractivity contribution in [2.24, 2.45) is 9.98 Å². The van der Waals surface area contributed by atoms with Crippen molar-refractivity contribution >= 4 is 35.2 Å². The highest BCUT2D eigenvalue weighted by molar-refractivity contribution is 5.87. The molecule has 4 aromatic carbocycles. The van der Waals surface area contributed by atoms with Crippen LogP contribution in [-0.4, -0.2) is 28.4 Å². The lowest BCUT2D eigenvalue weighted by atomic mass is 10.2. The van der Waals surface area contributed by atoms with Crippen LogP contribution in [0.15, 0.2) is 94.9 Å². The highest BCUT2D eigenvalue weighted by atomic mass is 17.0. The van der Waals surface area contributed by atoms with E-state index >= 15 is 0 Å². The fraction of sp³-hybridized carbons (Fsp3) is 0.0370. The Morgan fingerprint density at radius 1 is 0.564 bits per heavy atom. The third-order valence-electron chi connectivity index (χ3n) is 5.77. The molecule has 4 aromatic rings. The maximum Gasteiger partial charge on any atom is 0.611 e. The summed E-state index contributed by atoms with van der Waals surface area (Å²) in [6, 6.07) is 21.4. The highest BCUT2D eigenvalue weighted by Gasteiger charge is 2.46. The lowest BCUT2D eigenvalue weighted by molar-refractivity contribution is -0.385. The fourth-order valence-corrected chi connectivity index (χ4v) is 3.92. The van der Waals surface area contributed by atoms with Gasteiger partial charge in [0.2, 0.25) is 0 Å². The maximum atomic E-state index is 11.5. The van der Waals surface area contributed by atoms with Gasteiger partial charge in [-0.05, 0) is 36.4 Å². The zero-order chi connectivity index (χ0) is 27.0. The molecule has 39 heavy (non-hydrogen) atoms. The molecular formula is C27H16N4O8. The van der Waals surface area contributed by atoms with Gasteiger partial charge in [-0.1, -0.05) is 24.3 Å². The van der Waals surface area contributed by atoms with Crippen molar-refractivity contribution < 1.29 is 28.8 Å². The number of hydrogen-bond acceptors (Lipinski definition) is 10. The molecule has 0 aromatic heterocycles. The smallest absolute Gasteiger partial charge is 0.385 e. The number of ether oxygens (including phenoxy) is 4. The van der Waals surface area contributed by atoms with Gasteiger partial charge in [-0.3, -0.25) is 30.2 Å². The molecule has 12 heteroatoms. The molecule has 6 rings (SSSR count). The van der Waals surface area contributed by atoms with E-state index < -0.39 is 16.0 Å². The number of aliphatic imine (C=N–C) groups is 2. The number of rotatable bonds is 2. The Morgan fingerprint density at radius 2 is 0.974 bits per heavy atom. The Morgan fingerprint density at radius 3 is 1.41 bits per heavy atom. The zero-order valence-corrected chi connectivity index (χ0v) is 19.8. The number of nitrogens with zero attached hydrogens (tertiary/aromatic N) is 4. The van der Waals surface area contributed by atoms with Crippen LogP contribution in [-0.2, 0) is 0 Å². The lowest BCUT2D eigenvalue weighted by Crippen LogP contribution is -2.53. The second-order valence-electron chi connectivity index (χ2n) is 8.32. The quantitative estimate of drug-likeness (QED) is 0.234. The summed E-state index contributed by atoms with van der Waals surface area (Å²) >= 11 is 0. The predicted molar refractivity (Wildman–Crippen MR) is 139 cm³/mol. The third-order valence-corrected chi connectivity index (χ3v) is 5.77. The van der Waals surface area contributed by atoms with Gasteiger partial charge < -0.3 is 18.9 Å². The Kier molecular flexibility index (Phi) is 5.61. The number of non-ortho nitro benzene ring substituents is 2. The van der Waals surface area contributed by atoms with E-state index in [0.29, 0.717) is 11.1 Å². The van der Waals surface area contributed by atoms with Gasteiger partial charge >= 0.3 is 6.16 Å². The van der Waals surface area contributed by atoms with Gasteiger partial charge in [0.25, 0.3) is 11.4 Å². The summed E-state index contributed by atoms with van der Waals surface area (Å²) in [5.41, 5.74) is 0.823. The van der Waals surface area contributed by atoms with Crippen LogP contribution in [0.5, 0.6) is 23.0 Å². The number of benzene rings is 4. The van der Waals surface area contributed by atoms with Crippen molar-refractivity contribution in [1.29, 1.82) is 0 Å². The fourth-order valence-electron chi connectivity index (χ4n) is 3.92. The zero-order valence-electron chi connectivity index (χ0n) is 19.8. The van der Waals surface area contributed by atoms with Crippen molar-refractivity contribution in [3.63, 3.8) is 0 Å². The Bertz CT molecular complexity index is 1580. The van der Waals surface area contributed by atoms with Crippen LogP contribution in [0.1, 0.15) is 11.1 Å². The summed E-state index contributed by atoms with van der Waals surface area (Å²) in [5, 5.41) is 22.9. The second-order valence-corrected chi connectivity index (χ2v) is 8.32. The van der Waals surface area contributed by atoms with Crippen LogP contribution in [0, 0.1) is 20.2 Å². The number of fused-ring (bicyclic) bond motifs is 4. The van der Waals surface area contributed by atoms with Crippen LogP contribution < -0.4 is 18.9 Å². The molecule has 0 amide bonds. The van der Waals surface area contributed by atoms with E-state index in [9.17, 15) is 20.2 Å². The number of para-hydroxylation sites is 2. The molecule has 0 saturated carbocycles. The van der Waals surface area contributed by atoms with E-state index in [4.69, 9.17) is 18.9 Å². The summed E-state index contributed by atoms with van der Waals surface area (Å²) in [6.45, 7) is 0. The Hall–Kier alpha value is -5.78. The molecule has 0 aliphatic carbocycles. The summed E-state index contributed by atoms with van der Waals surface area (Å²) in [4.78, 5) is 30.6. The van der Waals surface area contributed by atoms with Crippen molar-refractivity contribution in [2.45, 2.75) is 6.16 Å². The summed E-state index contributed by atoms with van der Waals surface area (Å²) in [7, 11) is 0. The van der Waals surface area contributed by atoms with Crippen molar-refractivity contribution in [3.05, 3.63) is 116 Å². The molecule has 0 unspecified atom stereocenters. The van der Waals surface area contributed by atoms with Gasteiger partial charge in [-0.25, -0.2) is 0 Å². The number of nitro benzene ring substituents is 2. The minimum atomic E-state index is -2.37. The molecule has 0 bridgehead atoms. The predicted octanol–water partition coefficient (Wildman–Crippen LogP) is 5.86. The third kappa shape index (κ3) is 4.57. The second kappa shape index (κ2) is 9.27. The van der Waals surface area contributed by atoms with E-state index in [2.05, 4.69) is 9.98 Å². The van der Waals surface area contributed by atoms with E-state index in [0.717, 1.165) is 0 Å². The first kappa shape index (κ1) is 23.6. The molecule has 2 aliphatic heterocycles. The molecule has 192 valence electrons. The summed E-state index contributed by atoms with van der Waals surface area (Å²) in [6.07, 6.45) is 0.580. The number of hydrogen-bond donors (Lipinski definition) is 0. The molecule has 0 fully saturated rings. The van der Waals surface area contributed by atoms with Crippen LogP contribution in [0.3, 0.4) is 0 Å². The van der Waals surface area contributed by atoms with Gasteiger partial charge in [-0.2, -0.15) is 0 Å². The van der Waals surface area contributed by atoms with E-state index in [1.54, 1.807) is 48.5 Å². The Labute approximate surface area is 219 Å². The molecule has 0 atom stereocenters. The maximum absolute atomic E-state index is 11.5. The first-order valence-corrected chi connectivity index (χ1v) is 11.5. The molecule has 0 radical (unpaired) electrons. The average molecular weight is 524 g/mol. The molecule has 12 nitrogen and oxygen atoms in total. The largest absolute Gasteiger partial charge is 0.611 e. The molecule has 2 heterocycles. The molecule has 0 N–H and O–H groups in total. The molecule has 0 saturated heterocycles. The van der Waals surface area contributed by atoms with Crippen LogP contribution in [0.25, 0.3) is 0 Å². The van der Waals surface area contributed by atoms with E-state index in [1.807, 2.05) is 0 Å². The minimum Gasteiger partial charge on any atom is -0.385 e. The first-order chi connectivity index (χ1) is 18.9. The minimum absolute atomic E-state index is 0.0470.